The summed E-state index contributed by atoms with van der Waals surface area (Å²) in [6.45, 7) is 2.27. The van der Waals surface area contributed by atoms with Crippen LogP contribution < -0.4 is 5.73 Å². The van der Waals surface area contributed by atoms with Gasteiger partial charge in [0.1, 0.15) is 0 Å². The van der Waals surface area contributed by atoms with Crippen LogP contribution in [0.1, 0.15) is 68.4 Å². The molecule has 21 heavy (non-hydrogen) atoms. The molecular formula is C15H23N5O. The number of hydrogen-bond acceptors (Lipinski definition) is 5. The van der Waals surface area contributed by atoms with Crippen LogP contribution >= 0.6 is 0 Å². The van der Waals surface area contributed by atoms with Crippen molar-refractivity contribution in [1.82, 2.24) is 20.1 Å². The molecule has 0 radical (unpaired) electrons. The topological polar surface area (TPSA) is 93.6 Å². The van der Waals surface area contributed by atoms with Crippen molar-refractivity contribution in [2.45, 2.75) is 57.4 Å². The Labute approximate surface area is 124 Å². The maximum atomic E-state index is 6.13. The summed E-state index contributed by atoms with van der Waals surface area (Å²) >= 11 is 0. The smallest absolute Gasteiger partial charge is 0.243 e. The molecule has 6 heteroatoms. The van der Waals surface area contributed by atoms with Crippen LogP contribution in [-0.2, 0) is 6.42 Å². The summed E-state index contributed by atoms with van der Waals surface area (Å²) in [7, 11) is 0. The molecule has 0 bridgehead atoms. The van der Waals surface area contributed by atoms with Gasteiger partial charge in [-0.25, -0.2) is 4.98 Å². The molecule has 2 heterocycles. The molecule has 0 saturated heterocycles. The van der Waals surface area contributed by atoms with Crippen molar-refractivity contribution < 1.29 is 4.52 Å². The predicted octanol–water partition coefficient (Wildman–Crippen LogP) is 2.72. The molecular weight excluding hydrogens is 266 g/mol. The number of aromatic nitrogens is 4. The van der Waals surface area contributed by atoms with Gasteiger partial charge in [-0.15, -0.1) is 0 Å². The van der Waals surface area contributed by atoms with Crippen molar-refractivity contribution in [3.63, 3.8) is 0 Å². The lowest BCUT2D eigenvalue weighted by atomic mass is 9.80. The van der Waals surface area contributed by atoms with Crippen LogP contribution in [-0.4, -0.2) is 20.1 Å². The highest BCUT2D eigenvalue weighted by atomic mass is 16.5. The van der Waals surface area contributed by atoms with E-state index in [2.05, 4.69) is 27.0 Å². The molecule has 1 aliphatic rings. The van der Waals surface area contributed by atoms with E-state index in [9.17, 15) is 0 Å². The van der Waals surface area contributed by atoms with Crippen LogP contribution in [0, 0.1) is 5.92 Å². The average Bonchev–Trinajstić information content (AvgIpc) is 3.18. The zero-order valence-electron chi connectivity index (χ0n) is 12.5. The number of nitrogens with zero attached hydrogens (tertiary/aromatic N) is 3. The van der Waals surface area contributed by atoms with Gasteiger partial charge in [-0.1, -0.05) is 18.5 Å². The second-order valence-corrected chi connectivity index (χ2v) is 6.00. The van der Waals surface area contributed by atoms with Gasteiger partial charge in [0.25, 0.3) is 0 Å². The number of imidazole rings is 1. The molecule has 0 aliphatic heterocycles. The van der Waals surface area contributed by atoms with Crippen LogP contribution in [0.5, 0.6) is 0 Å². The largest absolute Gasteiger partial charge is 0.348 e. The van der Waals surface area contributed by atoms with E-state index in [1.165, 1.54) is 19.3 Å². The Kier molecular flexibility index (Phi) is 4.34. The third-order valence-electron chi connectivity index (χ3n) is 4.56. The Morgan fingerprint density at radius 2 is 2.19 bits per heavy atom. The predicted molar refractivity (Wildman–Crippen MR) is 78.5 cm³/mol. The van der Waals surface area contributed by atoms with Gasteiger partial charge in [-0.2, -0.15) is 4.98 Å². The first-order valence-electron chi connectivity index (χ1n) is 7.82. The molecule has 1 fully saturated rings. The van der Waals surface area contributed by atoms with Crippen LogP contribution in [0.4, 0.5) is 0 Å². The van der Waals surface area contributed by atoms with Crippen molar-refractivity contribution >= 4 is 0 Å². The van der Waals surface area contributed by atoms with Gasteiger partial charge in [0, 0.05) is 24.2 Å². The lowest BCUT2D eigenvalue weighted by Crippen LogP contribution is -2.15. The second kappa shape index (κ2) is 6.39. The monoisotopic (exact) mass is 289 g/mol. The zero-order chi connectivity index (χ0) is 14.7. The van der Waals surface area contributed by atoms with Gasteiger partial charge >= 0.3 is 0 Å². The maximum absolute atomic E-state index is 6.13. The fourth-order valence-electron chi connectivity index (χ4n) is 3.11. The minimum atomic E-state index is -0.279. The highest BCUT2D eigenvalue weighted by Crippen LogP contribution is 2.35. The SMILES string of the molecule is CCC1CCC(c2noc(C(N)Cc3cnc[nH]3)n2)CC1. The molecule has 0 spiro atoms. The summed E-state index contributed by atoms with van der Waals surface area (Å²) in [6, 6.07) is -0.279. The first-order valence-corrected chi connectivity index (χ1v) is 7.82. The van der Waals surface area contributed by atoms with E-state index in [-0.39, 0.29) is 6.04 Å². The first-order chi connectivity index (χ1) is 10.3. The normalized spacial score (nSPS) is 24.1. The number of aromatic amines is 1. The van der Waals surface area contributed by atoms with E-state index < -0.39 is 0 Å². The molecule has 6 nitrogen and oxygen atoms in total. The molecule has 114 valence electrons. The van der Waals surface area contributed by atoms with E-state index in [1.54, 1.807) is 12.5 Å². The van der Waals surface area contributed by atoms with Crippen molar-refractivity contribution in [3.05, 3.63) is 29.9 Å². The second-order valence-electron chi connectivity index (χ2n) is 6.00. The Morgan fingerprint density at radius 3 is 2.86 bits per heavy atom. The highest BCUT2D eigenvalue weighted by Gasteiger charge is 2.26. The zero-order valence-corrected chi connectivity index (χ0v) is 12.5. The summed E-state index contributed by atoms with van der Waals surface area (Å²) in [6.07, 6.45) is 10.2. The standard InChI is InChI=1S/C15H23N5O/c1-2-10-3-5-11(6-4-10)14-19-15(21-20-14)13(16)7-12-8-17-9-18-12/h8-11,13H,2-7,16H2,1H3,(H,17,18). The number of nitrogens with one attached hydrogen (secondary N) is 1. The minimum absolute atomic E-state index is 0.279. The van der Waals surface area contributed by atoms with Crippen molar-refractivity contribution in [3.8, 4) is 0 Å². The molecule has 3 rings (SSSR count). The number of hydrogen-bond donors (Lipinski definition) is 2. The number of nitrogens with two attached hydrogens (primary N) is 1. The molecule has 3 N–H and O–H groups in total. The molecule has 1 atom stereocenters. The van der Waals surface area contributed by atoms with Crippen molar-refractivity contribution in [2.75, 3.05) is 0 Å². The number of rotatable bonds is 5. The fourth-order valence-corrected chi connectivity index (χ4v) is 3.11. The van der Waals surface area contributed by atoms with Crippen molar-refractivity contribution in [2.24, 2.45) is 11.7 Å². The van der Waals surface area contributed by atoms with Gasteiger partial charge in [-0.3, -0.25) is 0 Å². The van der Waals surface area contributed by atoms with Gasteiger partial charge in [-0.05, 0) is 31.6 Å². The Balaban J connectivity index is 1.61. The Morgan fingerprint density at radius 1 is 1.38 bits per heavy atom. The highest BCUT2D eigenvalue weighted by molar-refractivity contribution is 5.04. The Bertz CT molecular complexity index is 542. The molecule has 1 unspecified atom stereocenters. The Hall–Kier alpha value is -1.69. The van der Waals surface area contributed by atoms with E-state index in [4.69, 9.17) is 10.3 Å². The quantitative estimate of drug-likeness (QED) is 0.882. The van der Waals surface area contributed by atoms with Crippen LogP contribution in [0.3, 0.4) is 0 Å². The summed E-state index contributed by atoms with van der Waals surface area (Å²) in [4.78, 5) is 11.6. The molecule has 1 saturated carbocycles. The average molecular weight is 289 g/mol. The third-order valence-corrected chi connectivity index (χ3v) is 4.56. The van der Waals surface area contributed by atoms with E-state index >= 15 is 0 Å². The van der Waals surface area contributed by atoms with Crippen LogP contribution in [0.15, 0.2) is 17.0 Å². The molecule has 1 aliphatic carbocycles. The van der Waals surface area contributed by atoms with Crippen LogP contribution in [0.2, 0.25) is 0 Å². The van der Waals surface area contributed by atoms with Gasteiger partial charge in [0.15, 0.2) is 5.82 Å². The molecule has 2 aromatic rings. The lowest BCUT2D eigenvalue weighted by molar-refractivity contribution is 0.301. The van der Waals surface area contributed by atoms with E-state index in [0.717, 1.165) is 30.3 Å². The summed E-state index contributed by atoms with van der Waals surface area (Å²) < 4.78 is 5.36. The summed E-state index contributed by atoms with van der Waals surface area (Å²) in [5, 5.41) is 4.15. The van der Waals surface area contributed by atoms with Gasteiger partial charge in [0.05, 0.1) is 12.4 Å². The fraction of sp³-hybridized carbons (Fsp3) is 0.667. The first kappa shape index (κ1) is 14.3. The summed E-state index contributed by atoms with van der Waals surface area (Å²) in [5.41, 5.74) is 7.11. The van der Waals surface area contributed by atoms with Gasteiger partial charge in [0.2, 0.25) is 5.89 Å². The third kappa shape index (κ3) is 3.32. The minimum Gasteiger partial charge on any atom is -0.348 e. The summed E-state index contributed by atoms with van der Waals surface area (Å²) in [5.74, 6) is 2.66. The number of H-pyrrole nitrogens is 1. The van der Waals surface area contributed by atoms with Crippen LogP contribution in [0.25, 0.3) is 0 Å². The molecule has 0 aromatic carbocycles. The molecule has 0 amide bonds. The van der Waals surface area contributed by atoms with E-state index in [1.807, 2.05) is 0 Å². The molecule has 2 aromatic heterocycles. The lowest BCUT2D eigenvalue weighted by Gasteiger charge is -2.25. The maximum Gasteiger partial charge on any atom is 0.243 e. The van der Waals surface area contributed by atoms with Gasteiger partial charge < -0.3 is 15.2 Å². The van der Waals surface area contributed by atoms with E-state index in [0.29, 0.717) is 18.2 Å². The van der Waals surface area contributed by atoms with Crippen molar-refractivity contribution in [1.29, 1.82) is 0 Å².